The Balaban J connectivity index is 2.03. The average Bonchev–Trinajstić information content (AvgIpc) is 2.87. The van der Waals surface area contributed by atoms with E-state index in [0.717, 1.165) is 23.4 Å². The number of amides is 1. The number of aryl methyl sites for hydroxylation is 3. The Morgan fingerprint density at radius 1 is 1.30 bits per heavy atom. The van der Waals surface area contributed by atoms with Crippen molar-refractivity contribution in [2.24, 2.45) is 5.73 Å². The number of carbonyl (C=O) groups excluding carboxylic acids is 1. The number of carbonyl (C=O) groups is 1. The minimum absolute atomic E-state index is 0.158. The van der Waals surface area contributed by atoms with Gasteiger partial charge in [-0.25, -0.2) is 0 Å². The third-order valence-electron chi connectivity index (χ3n) is 3.05. The van der Waals surface area contributed by atoms with E-state index in [1.165, 1.54) is 16.9 Å². The summed E-state index contributed by atoms with van der Waals surface area (Å²) in [6.07, 6.45) is 1.67. The Labute approximate surface area is 122 Å². The van der Waals surface area contributed by atoms with E-state index in [-0.39, 0.29) is 5.91 Å². The third kappa shape index (κ3) is 3.61. The molecule has 0 aliphatic carbocycles. The van der Waals surface area contributed by atoms with Gasteiger partial charge in [-0.1, -0.05) is 17.4 Å². The zero-order valence-electron chi connectivity index (χ0n) is 11.6. The normalized spacial score (nSPS) is 10.6. The molecule has 0 fully saturated rings. The van der Waals surface area contributed by atoms with Crippen LogP contribution in [0.2, 0.25) is 0 Å². The molecule has 3 N–H and O–H groups in total. The number of hydrogen-bond donors (Lipinski definition) is 2. The highest BCUT2D eigenvalue weighted by molar-refractivity contribution is 7.15. The minimum Gasteiger partial charge on any atom is -0.330 e. The molecule has 0 bridgehead atoms. The number of aromatic nitrogens is 2. The van der Waals surface area contributed by atoms with Crippen molar-refractivity contribution >= 4 is 22.4 Å². The van der Waals surface area contributed by atoms with Gasteiger partial charge < -0.3 is 5.73 Å². The lowest BCUT2D eigenvalue weighted by molar-refractivity contribution is 0.102. The Morgan fingerprint density at radius 3 is 2.80 bits per heavy atom. The van der Waals surface area contributed by atoms with Gasteiger partial charge in [-0.2, -0.15) is 0 Å². The van der Waals surface area contributed by atoms with Crippen LogP contribution in [-0.2, 0) is 6.42 Å². The predicted octanol–water partition coefficient (Wildman–Crippen LogP) is 2.30. The van der Waals surface area contributed by atoms with E-state index in [9.17, 15) is 4.79 Å². The molecule has 0 atom stereocenters. The summed E-state index contributed by atoms with van der Waals surface area (Å²) >= 11 is 1.39. The van der Waals surface area contributed by atoms with Gasteiger partial charge in [-0.05, 0) is 50.1 Å². The molecule has 20 heavy (non-hydrogen) atoms. The molecular formula is C14H18N4OS. The molecule has 1 aromatic heterocycles. The van der Waals surface area contributed by atoms with Gasteiger partial charge in [0.05, 0.1) is 0 Å². The molecular weight excluding hydrogens is 272 g/mol. The van der Waals surface area contributed by atoms with Crippen LogP contribution in [0.15, 0.2) is 18.2 Å². The fourth-order valence-corrected chi connectivity index (χ4v) is 2.49. The average molecular weight is 290 g/mol. The van der Waals surface area contributed by atoms with E-state index in [2.05, 4.69) is 15.5 Å². The smallest absolute Gasteiger partial charge is 0.257 e. The Kier molecular flexibility index (Phi) is 4.81. The lowest BCUT2D eigenvalue weighted by Gasteiger charge is -2.04. The Hall–Kier alpha value is -1.79. The molecule has 5 nitrogen and oxygen atoms in total. The van der Waals surface area contributed by atoms with Crippen LogP contribution in [0.3, 0.4) is 0 Å². The van der Waals surface area contributed by atoms with Crippen molar-refractivity contribution < 1.29 is 4.79 Å². The van der Waals surface area contributed by atoms with Crippen LogP contribution in [0.4, 0.5) is 5.13 Å². The van der Waals surface area contributed by atoms with Crippen molar-refractivity contribution in [3.05, 3.63) is 39.9 Å². The van der Waals surface area contributed by atoms with E-state index in [1.807, 2.05) is 32.0 Å². The van der Waals surface area contributed by atoms with Crippen molar-refractivity contribution in [3.8, 4) is 0 Å². The van der Waals surface area contributed by atoms with Gasteiger partial charge in [0.25, 0.3) is 5.91 Å². The molecule has 0 unspecified atom stereocenters. The van der Waals surface area contributed by atoms with Crippen LogP contribution < -0.4 is 11.1 Å². The van der Waals surface area contributed by atoms with Crippen LogP contribution in [0, 0.1) is 13.8 Å². The summed E-state index contributed by atoms with van der Waals surface area (Å²) in [4.78, 5) is 12.1. The van der Waals surface area contributed by atoms with Crippen molar-refractivity contribution in [1.82, 2.24) is 10.2 Å². The van der Waals surface area contributed by atoms with Crippen LogP contribution >= 0.6 is 11.3 Å². The summed E-state index contributed by atoms with van der Waals surface area (Å²) in [5.41, 5.74) is 8.35. The first-order valence-electron chi connectivity index (χ1n) is 6.51. The Bertz CT molecular complexity index is 609. The number of nitrogens with one attached hydrogen (secondary N) is 1. The highest BCUT2D eigenvalue weighted by Crippen LogP contribution is 2.18. The minimum atomic E-state index is -0.158. The van der Waals surface area contributed by atoms with E-state index in [1.54, 1.807) is 0 Å². The zero-order chi connectivity index (χ0) is 14.5. The number of anilines is 1. The summed E-state index contributed by atoms with van der Waals surface area (Å²) in [6.45, 7) is 4.64. The standard InChI is InChI=1S/C14H18N4OS/c1-9-5-6-11(8-10(9)2)13(19)16-14-18-17-12(20-14)4-3-7-15/h5-6,8H,3-4,7,15H2,1-2H3,(H,16,18,19). The first kappa shape index (κ1) is 14.6. The maximum absolute atomic E-state index is 12.1. The van der Waals surface area contributed by atoms with Gasteiger partial charge in [0.1, 0.15) is 5.01 Å². The number of nitrogens with two attached hydrogens (primary N) is 1. The van der Waals surface area contributed by atoms with Gasteiger partial charge in [0, 0.05) is 12.0 Å². The van der Waals surface area contributed by atoms with Crippen molar-refractivity contribution in [2.75, 3.05) is 11.9 Å². The largest absolute Gasteiger partial charge is 0.330 e. The van der Waals surface area contributed by atoms with Crippen molar-refractivity contribution in [2.45, 2.75) is 26.7 Å². The predicted molar refractivity (Wildman–Crippen MR) is 81.2 cm³/mol. The highest BCUT2D eigenvalue weighted by Gasteiger charge is 2.10. The molecule has 0 saturated heterocycles. The van der Waals surface area contributed by atoms with Crippen molar-refractivity contribution in [3.63, 3.8) is 0 Å². The Morgan fingerprint density at radius 2 is 2.10 bits per heavy atom. The molecule has 0 spiro atoms. The van der Waals surface area contributed by atoms with Gasteiger partial charge in [-0.3, -0.25) is 10.1 Å². The van der Waals surface area contributed by atoms with Gasteiger partial charge in [0.15, 0.2) is 0 Å². The second-order valence-electron chi connectivity index (χ2n) is 4.65. The quantitative estimate of drug-likeness (QED) is 0.885. The summed E-state index contributed by atoms with van der Waals surface area (Å²) in [6, 6.07) is 5.63. The fourth-order valence-electron chi connectivity index (χ4n) is 1.71. The van der Waals surface area contributed by atoms with Crippen LogP contribution in [0.25, 0.3) is 0 Å². The van der Waals surface area contributed by atoms with E-state index in [4.69, 9.17) is 5.73 Å². The van der Waals surface area contributed by atoms with E-state index >= 15 is 0 Å². The lowest BCUT2D eigenvalue weighted by Crippen LogP contribution is -2.12. The first-order valence-corrected chi connectivity index (χ1v) is 7.33. The van der Waals surface area contributed by atoms with Crippen LogP contribution in [0.5, 0.6) is 0 Å². The molecule has 2 aromatic rings. The molecule has 106 valence electrons. The molecule has 1 aromatic carbocycles. The van der Waals surface area contributed by atoms with Gasteiger partial charge in [0.2, 0.25) is 5.13 Å². The number of rotatable bonds is 5. The van der Waals surface area contributed by atoms with Crippen molar-refractivity contribution in [1.29, 1.82) is 0 Å². The molecule has 0 saturated carbocycles. The second kappa shape index (κ2) is 6.58. The summed E-state index contributed by atoms with van der Waals surface area (Å²) in [5.74, 6) is -0.158. The maximum atomic E-state index is 12.1. The SMILES string of the molecule is Cc1ccc(C(=O)Nc2nnc(CCCN)s2)cc1C. The summed E-state index contributed by atoms with van der Waals surface area (Å²) in [7, 11) is 0. The van der Waals surface area contributed by atoms with Crippen LogP contribution in [-0.4, -0.2) is 22.6 Å². The first-order chi connectivity index (χ1) is 9.60. The summed E-state index contributed by atoms with van der Waals surface area (Å²) in [5, 5.41) is 12.2. The third-order valence-corrected chi connectivity index (χ3v) is 3.95. The number of benzene rings is 1. The fraction of sp³-hybridized carbons (Fsp3) is 0.357. The lowest BCUT2D eigenvalue weighted by atomic mass is 10.1. The molecule has 1 heterocycles. The summed E-state index contributed by atoms with van der Waals surface area (Å²) < 4.78 is 0. The number of nitrogens with zero attached hydrogens (tertiary/aromatic N) is 2. The van der Waals surface area contributed by atoms with E-state index < -0.39 is 0 Å². The molecule has 0 aliphatic rings. The number of hydrogen-bond acceptors (Lipinski definition) is 5. The molecule has 0 radical (unpaired) electrons. The van der Waals surface area contributed by atoms with Gasteiger partial charge >= 0.3 is 0 Å². The second-order valence-corrected chi connectivity index (χ2v) is 5.71. The molecule has 2 rings (SSSR count). The maximum Gasteiger partial charge on any atom is 0.257 e. The monoisotopic (exact) mass is 290 g/mol. The zero-order valence-corrected chi connectivity index (χ0v) is 12.5. The van der Waals surface area contributed by atoms with E-state index in [0.29, 0.717) is 17.2 Å². The highest BCUT2D eigenvalue weighted by atomic mass is 32.1. The van der Waals surface area contributed by atoms with Gasteiger partial charge in [-0.15, -0.1) is 10.2 Å². The molecule has 1 amide bonds. The topological polar surface area (TPSA) is 80.9 Å². The molecule has 0 aliphatic heterocycles. The van der Waals surface area contributed by atoms with Crippen LogP contribution in [0.1, 0.15) is 32.9 Å². The molecule has 6 heteroatoms.